The van der Waals surface area contributed by atoms with Gasteiger partial charge in [0, 0.05) is 17.8 Å². The first-order valence-corrected chi connectivity index (χ1v) is 7.98. The summed E-state index contributed by atoms with van der Waals surface area (Å²) in [7, 11) is 0. The Morgan fingerprint density at radius 3 is 2.80 bits per heavy atom. The van der Waals surface area contributed by atoms with Crippen LogP contribution in [0, 0.1) is 12.8 Å². The van der Waals surface area contributed by atoms with Gasteiger partial charge in [-0.25, -0.2) is 4.98 Å². The van der Waals surface area contributed by atoms with Crippen LogP contribution in [0.1, 0.15) is 58.1 Å². The molecular formula is C16H27N3O. The van der Waals surface area contributed by atoms with E-state index in [-0.39, 0.29) is 0 Å². The van der Waals surface area contributed by atoms with Crippen LogP contribution in [0.2, 0.25) is 0 Å². The molecule has 1 fully saturated rings. The molecule has 0 saturated heterocycles. The molecule has 0 amide bonds. The predicted molar refractivity (Wildman–Crippen MR) is 82.2 cm³/mol. The summed E-state index contributed by atoms with van der Waals surface area (Å²) in [6, 6.07) is 2.41. The van der Waals surface area contributed by atoms with Crippen molar-refractivity contribution < 1.29 is 4.74 Å². The lowest BCUT2D eigenvalue weighted by Crippen LogP contribution is -2.32. The minimum atomic E-state index is 0.509. The molecule has 0 spiro atoms. The third-order valence-electron chi connectivity index (χ3n) is 4.03. The van der Waals surface area contributed by atoms with Gasteiger partial charge in [0.2, 0.25) is 11.8 Å². The Morgan fingerprint density at radius 1 is 1.25 bits per heavy atom. The van der Waals surface area contributed by atoms with Gasteiger partial charge < -0.3 is 10.1 Å². The minimum Gasteiger partial charge on any atom is -0.478 e. The van der Waals surface area contributed by atoms with Gasteiger partial charge in [0.1, 0.15) is 0 Å². The fraction of sp³-hybridized carbons (Fsp3) is 0.750. The molecule has 0 radical (unpaired) electrons. The summed E-state index contributed by atoms with van der Waals surface area (Å²) in [5, 5.41) is 3.54. The van der Waals surface area contributed by atoms with Crippen LogP contribution in [-0.4, -0.2) is 22.6 Å². The van der Waals surface area contributed by atoms with Crippen molar-refractivity contribution in [1.82, 2.24) is 9.97 Å². The largest absolute Gasteiger partial charge is 0.478 e. The van der Waals surface area contributed by atoms with E-state index in [1.54, 1.807) is 0 Å². The summed E-state index contributed by atoms with van der Waals surface area (Å²) < 4.78 is 5.63. The number of aryl methyl sites for hydroxylation is 1. The number of nitrogens with one attached hydrogen (secondary N) is 1. The average molecular weight is 277 g/mol. The smallest absolute Gasteiger partial charge is 0.226 e. The monoisotopic (exact) mass is 277 g/mol. The van der Waals surface area contributed by atoms with Gasteiger partial charge in [0.15, 0.2) is 0 Å². The van der Waals surface area contributed by atoms with Crippen LogP contribution >= 0.6 is 0 Å². The van der Waals surface area contributed by atoms with E-state index in [0.29, 0.717) is 18.5 Å². The lowest BCUT2D eigenvalue weighted by atomic mass is 9.83. The Kier molecular flexibility index (Phi) is 5.62. The summed E-state index contributed by atoms with van der Waals surface area (Å²) in [6.07, 6.45) is 7.42. The maximum Gasteiger partial charge on any atom is 0.226 e. The zero-order valence-electron chi connectivity index (χ0n) is 13.0. The zero-order valence-corrected chi connectivity index (χ0v) is 13.0. The van der Waals surface area contributed by atoms with Crippen LogP contribution in [0.4, 0.5) is 5.95 Å². The van der Waals surface area contributed by atoms with E-state index >= 15 is 0 Å². The van der Waals surface area contributed by atoms with Crippen molar-refractivity contribution in [2.75, 3.05) is 11.9 Å². The topological polar surface area (TPSA) is 47.0 Å². The van der Waals surface area contributed by atoms with Gasteiger partial charge in [-0.15, -0.1) is 0 Å². The number of aromatic nitrogens is 2. The number of rotatable bonds is 6. The Bertz CT molecular complexity index is 422. The number of hydrogen-bond acceptors (Lipinski definition) is 4. The fourth-order valence-corrected chi connectivity index (χ4v) is 2.94. The number of ether oxygens (including phenoxy) is 1. The summed E-state index contributed by atoms with van der Waals surface area (Å²) in [6.45, 7) is 7.07. The Balaban J connectivity index is 2.05. The second-order valence-electron chi connectivity index (χ2n) is 5.72. The summed E-state index contributed by atoms with van der Waals surface area (Å²) in [5.74, 6) is 2.15. The maximum absolute atomic E-state index is 5.63. The van der Waals surface area contributed by atoms with Gasteiger partial charge in [0.25, 0.3) is 0 Å². The molecule has 1 N–H and O–H groups in total. The third kappa shape index (κ3) is 4.09. The van der Waals surface area contributed by atoms with Gasteiger partial charge >= 0.3 is 0 Å². The van der Waals surface area contributed by atoms with Crippen molar-refractivity contribution >= 4 is 5.95 Å². The maximum atomic E-state index is 5.63. The standard InChI is InChI=1S/C16H27N3O/c1-4-10-20-15-11-12(3)17-16(19-15)18-14-9-7-6-8-13(14)5-2/h11,13-14H,4-10H2,1-3H3,(H,17,18,19). The summed E-state index contributed by atoms with van der Waals surface area (Å²) in [4.78, 5) is 8.99. The molecule has 2 atom stereocenters. The molecular weight excluding hydrogens is 250 g/mol. The molecule has 2 rings (SSSR count). The SMILES string of the molecule is CCCOc1cc(C)nc(NC2CCCCC2CC)n1. The quantitative estimate of drug-likeness (QED) is 0.855. The van der Waals surface area contributed by atoms with Crippen LogP contribution in [0.25, 0.3) is 0 Å². The first-order valence-electron chi connectivity index (χ1n) is 7.98. The van der Waals surface area contributed by atoms with E-state index < -0.39 is 0 Å². The van der Waals surface area contributed by atoms with E-state index in [4.69, 9.17) is 4.74 Å². The Morgan fingerprint density at radius 2 is 2.05 bits per heavy atom. The predicted octanol–water partition coefficient (Wildman–Crippen LogP) is 3.95. The van der Waals surface area contributed by atoms with E-state index in [0.717, 1.165) is 24.0 Å². The van der Waals surface area contributed by atoms with E-state index in [1.807, 2.05) is 13.0 Å². The second-order valence-corrected chi connectivity index (χ2v) is 5.72. The van der Waals surface area contributed by atoms with Gasteiger partial charge in [-0.3, -0.25) is 0 Å². The third-order valence-corrected chi connectivity index (χ3v) is 4.03. The van der Waals surface area contributed by atoms with E-state index in [2.05, 4.69) is 29.1 Å². The molecule has 1 aromatic rings. The van der Waals surface area contributed by atoms with Gasteiger partial charge in [-0.1, -0.05) is 33.1 Å². The number of nitrogens with zero attached hydrogens (tertiary/aromatic N) is 2. The molecule has 20 heavy (non-hydrogen) atoms. The molecule has 2 unspecified atom stereocenters. The molecule has 1 aromatic heterocycles. The number of anilines is 1. The second kappa shape index (κ2) is 7.46. The van der Waals surface area contributed by atoms with Gasteiger partial charge in [-0.05, 0) is 32.1 Å². The van der Waals surface area contributed by atoms with Crippen molar-refractivity contribution in [3.05, 3.63) is 11.8 Å². The van der Waals surface area contributed by atoms with Crippen LogP contribution in [0.15, 0.2) is 6.07 Å². The molecule has 1 aliphatic rings. The molecule has 112 valence electrons. The highest BCUT2D eigenvalue weighted by Crippen LogP contribution is 2.29. The van der Waals surface area contributed by atoms with Crippen molar-refractivity contribution in [3.8, 4) is 5.88 Å². The first-order chi connectivity index (χ1) is 9.72. The normalized spacial score (nSPS) is 22.6. The van der Waals surface area contributed by atoms with Crippen molar-refractivity contribution in [1.29, 1.82) is 0 Å². The lowest BCUT2D eigenvalue weighted by Gasteiger charge is -2.31. The summed E-state index contributed by atoms with van der Waals surface area (Å²) >= 11 is 0. The molecule has 0 bridgehead atoms. The molecule has 0 aliphatic heterocycles. The van der Waals surface area contributed by atoms with Crippen LogP contribution in [0.5, 0.6) is 5.88 Å². The van der Waals surface area contributed by atoms with Gasteiger partial charge in [0.05, 0.1) is 6.61 Å². The van der Waals surface area contributed by atoms with E-state index in [1.165, 1.54) is 32.1 Å². The van der Waals surface area contributed by atoms with Crippen molar-refractivity contribution in [2.24, 2.45) is 5.92 Å². The summed E-state index contributed by atoms with van der Waals surface area (Å²) in [5.41, 5.74) is 0.956. The Hall–Kier alpha value is -1.32. The lowest BCUT2D eigenvalue weighted by molar-refractivity contribution is 0.302. The zero-order chi connectivity index (χ0) is 14.4. The van der Waals surface area contributed by atoms with E-state index in [9.17, 15) is 0 Å². The fourth-order valence-electron chi connectivity index (χ4n) is 2.94. The van der Waals surface area contributed by atoms with Crippen LogP contribution in [0.3, 0.4) is 0 Å². The van der Waals surface area contributed by atoms with Crippen LogP contribution in [-0.2, 0) is 0 Å². The molecule has 0 aromatic carbocycles. The Labute approximate surface area is 122 Å². The molecule has 4 heteroatoms. The van der Waals surface area contributed by atoms with Crippen LogP contribution < -0.4 is 10.1 Å². The van der Waals surface area contributed by atoms with Crippen molar-refractivity contribution in [3.63, 3.8) is 0 Å². The van der Waals surface area contributed by atoms with Crippen molar-refractivity contribution in [2.45, 2.75) is 65.3 Å². The average Bonchev–Trinajstić information content (AvgIpc) is 2.45. The van der Waals surface area contributed by atoms with Gasteiger partial charge in [-0.2, -0.15) is 4.98 Å². The first kappa shape index (κ1) is 15.1. The number of hydrogen-bond donors (Lipinski definition) is 1. The minimum absolute atomic E-state index is 0.509. The highest BCUT2D eigenvalue weighted by Gasteiger charge is 2.24. The molecule has 1 aliphatic carbocycles. The molecule has 1 saturated carbocycles. The molecule has 1 heterocycles. The highest BCUT2D eigenvalue weighted by atomic mass is 16.5. The highest BCUT2D eigenvalue weighted by molar-refractivity contribution is 5.32. The molecule has 4 nitrogen and oxygen atoms in total.